The highest BCUT2D eigenvalue weighted by Gasteiger charge is 2.31. The lowest BCUT2D eigenvalue weighted by Crippen LogP contribution is -2.52. The highest BCUT2D eigenvalue weighted by Crippen LogP contribution is 2.27. The summed E-state index contributed by atoms with van der Waals surface area (Å²) in [6.07, 6.45) is 5.32. The molecule has 0 saturated heterocycles. The lowest BCUT2D eigenvalue weighted by Gasteiger charge is -2.36. The smallest absolute Gasteiger partial charge is 0.238 e. The van der Waals surface area contributed by atoms with Crippen LogP contribution in [0.4, 0.5) is 5.69 Å². The SMILES string of the molecule is O=C(CNC1(CO)CCCCC1)Nc1ccc(Br)cc1. The second kappa shape index (κ2) is 7.20. The zero-order chi connectivity index (χ0) is 14.4. The number of halogens is 1. The lowest BCUT2D eigenvalue weighted by atomic mass is 9.82. The Balaban J connectivity index is 1.83. The van der Waals surface area contributed by atoms with Crippen LogP contribution < -0.4 is 10.6 Å². The summed E-state index contributed by atoms with van der Waals surface area (Å²) in [5.74, 6) is -0.0780. The predicted octanol–water partition coefficient (Wildman–Crippen LogP) is 2.67. The Bertz CT molecular complexity index is 442. The Labute approximate surface area is 128 Å². The van der Waals surface area contributed by atoms with Crippen LogP contribution in [0.3, 0.4) is 0 Å². The van der Waals surface area contributed by atoms with Gasteiger partial charge in [-0.25, -0.2) is 0 Å². The van der Waals surface area contributed by atoms with Crippen molar-refractivity contribution in [3.05, 3.63) is 28.7 Å². The first-order valence-electron chi connectivity index (χ1n) is 7.05. The molecule has 0 bridgehead atoms. The molecule has 0 spiro atoms. The van der Waals surface area contributed by atoms with E-state index in [0.29, 0.717) is 0 Å². The van der Waals surface area contributed by atoms with Crippen molar-refractivity contribution in [2.45, 2.75) is 37.6 Å². The summed E-state index contributed by atoms with van der Waals surface area (Å²) in [5, 5.41) is 15.7. The normalized spacial score (nSPS) is 17.7. The molecule has 5 heteroatoms. The molecule has 0 aromatic heterocycles. The van der Waals surface area contributed by atoms with Crippen LogP contribution in [0, 0.1) is 0 Å². The second-order valence-electron chi connectivity index (χ2n) is 5.41. The van der Waals surface area contributed by atoms with Crippen molar-refractivity contribution in [3.8, 4) is 0 Å². The second-order valence-corrected chi connectivity index (χ2v) is 6.32. The maximum Gasteiger partial charge on any atom is 0.238 e. The zero-order valence-electron chi connectivity index (χ0n) is 11.5. The molecule has 2 rings (SSSR count). The van der Waals surface area contributed by atoms with E-state index >= 15 is 0 Å². The van der Waals surface area contributed by atoms with E-state index in [2.05, 4.69) is 26.6 Å². The van der Waals surface area contributed by atoms with Crippen LogP contribution in [-0.2, 0) is 4.79 Å². The Morgan fingerprint density at radius 1 is 1.20 bits per heavy atom. The average Bonchev–Trinajstić information content (AvgIpc) is 2.49. The molecule has 110 valence electrons. The number of amides is 1. The van der Waals surface area contributed by atoms with E-state index in [1.54, 1.807) is 0 Å². The maximum absolute atomic E-state index is 11.9. The Hall–Kier alpha value is -0.910. The van der Waals surface area contributed by atoms with Gasteiger partial charge in [-0.3, -0.25) is 4.79 Å². The molecule has 0 radical (unpaired) electrons. The molecule has 0 atom stereocenters. The van der Waals surface area contributed by atoms with Crippen LogP contribution in [0.15, 0.2) is 28.7 Å². The third-order valence-corrected chi connectivity index (χ3v) is 4.39. The van der Waals surface area contributed by atoms with Gasteiger partial charge in [0.25, 0.3) is 0 Å². The summed E-state index contributed by atoms with van der Waals surface area (Å²) in [6.45, 7) is 0.329. The molecule has 20 heavy (non-hydrogen) atoms. The van der Waals surface area contributed by atoms with Gasteiger partial charge in [-0.15, -0.1) is 0 Å². The molecule has 0 unspecified atom stereocenters. The van der Waals surface area contributed by atoms with Gasteiger partial charge in [0, 0.05) is 15.7 Å². The van der Waals surface area contributed by atoms with Crippen LogP contribution in [0.5, 0.6) is 0 Å². The molecule has 3 N–H and O–H groups in total. The van der Waals surface area contributed by atoms with E-state index in [1.165, 1.54) is 6.42 Å². The Morgan fingerprint density at radius 2 is 1.85 bits per heavy atom. The minimum Gasteiger partial charge on any atom is -0.394 e. The summed E-state index contributed by atoms with van der Waals surface area (Å²) in [6, 6.07) is 7.48. The first-order valence-corrected chi connectivity index (χ1v) is 7.84. The zero-order valence-corrected chi connectivity index (χ0v) is 13.1. The van der Waals surface area contributed by atoms with Gasteiger partial charge < -0.3 is 15.7 Å². The van der Waals surface area contributed by atoms with Gasteiger partial charge in [-0.1, -0.05) is 35.2 Å². The first kappa shape index (κ1) is 15.5. The monoisotopic (exact) mass is 340 g/mol. The highest BCUT2D eigenvalue weighted by atomic mass is 79.9. The van der Waals surface area contributed by atoms with Crippen molar-refractivity contribution in [1.29, 1.82) is 0 Å². The van der Waals surface area contributed by atoms with Gasteiger partial charge in [-0.05, 0) is 37.1 Å². The van der Waals surface area contributed by atoms with E-state index in [4.69, 9.17) is 0 Å². The largest absolute Gasteiger partial charge is 0.394 e. The van der Waals surface area contributed by atoms with Crippen molar-refractivity contribution < 1.29 is 9.90 Å². The van der Waals surface area contributed by atoms with E-state index in [1.807, 2.05) is 24.3 Å². The number of carbonyl (C=O) groups is 1. The summed E-state index contributed by atoms with van der Waals surface area (Å²) in [4.78, 5) is 11.9. The van der Waals surface area contributed by atoms with Crippen molar-refractivity contribution in [2.24, 2.45) is 0 Å². The molecule has 0 heterocycles. The van der Waals surface area contributed by atoms with Crippen LogP contribution in [0.2, 0.25) is 0 Å². The number of aliphatic hydroxyl groups is 1. The molecule has 1 aliphatic carbocycles. The van der Waals surface area contributed by atoms with Crippen LogP contribution in [0.1, 0.15) is 32.1 Å². The van der Waals surface area contributed by atoms with Crippen LogP contribution >= 0.6 is 15.9 Å². The third kappa shape index (κ3) is 4.30. The summed E-state index contributed by atoms with van der Waals surface area (Å²) in [7, 11) is 0. The molecule has 1 aliphatic rings. The third-order valence-electron chi connectivity index (χ3n) is 3.87. The number of benzene rings is 1. The lowest BCUT2D eigenvalue weighted by molar-refractivity contribution is -0.116. The summed E-state index contributed by atoms with van der Waals surface area (Å²) >= 11 is 3.36. The van der Waals surface area contributed by atoms with E-state index in [-0.39, 0.29) is 24.6 Å². The fourth-order valence-corrected chi connectivity index (χ4v) is 2.89. The van der Waals surface area contributed by atoms with E-state index in [0.717, 1.165) is 35.8 Å². The Morgan fingerprint density at radius 3 is 2.45 bits per heavy atom. The van der Waals surface area contributed by atoms with Crippen molar-refractivity contribution in [1.82, 2.24) is 5.32 Å². The molecular weight excluding hydrogens is 320 g/mol. The van der Waals surface area contributed by atoms with Crippen molar-refractivity contribution >= 4 is 27.5 Å². The molecule has 1 amide bonds. The Kier molecular flexibility index (Phi) is 5.57. The van der Waals surface area contributed by atoms with Crippen molar-refractivity contribution in [3.63, 3.8) is 0 Å². The topological polar surface area (TPSA) is 61.4 Å². The fraction of sp³-hybridized carbons (Fsp3) is 0.533. The van der Waals surface area contributed by atoms with Gasteiger partial charge in [0.2, 0.25) is 5.91 Å². The highest BCUT2D eigenvalue weighted by molar-refractivity contribution is 9.10. The van der Waals surface area contributed by atoms with E-state index < -0.39 is 0 Å². The molecule has 1 fully saturated rings. The minimum atomic E-state index is -0.269. The quantitative estimate of drug-likeness (QED) is 0.772. The molecule has 0 aliphatic heterocycles. The predicted molar refractivity (Wildman–Crippen MR) is 83.7 cm³/mol. The number of rotatable bonds is 5. The first-order chi connectivity index (χ1) is 9.63. The number of hydrogen-bond donors (Lipinski definition) is 3. The number of hydrogen-bond acceptors (Lipinski definition) is 3. The number of nitrogens with one attached hydrogen (secondary N) is 2. The summed E-state index contributed by atoms with van der Waals surface area (Å²) < 4.78 is 0.982. The molecule has 1 saturated carbocycles. The van der Waals surface area contributed by atoms with Gasteiger partial charge in [0.05, 0.1) is 13.2 Å². The van der Waals surface area contributed by atoms with Gasteiger partial charge in [-0.2, -0.15) is 0 Å². The maximum atomic E-state index is 11.9. The molecule has 1 aromatic carbocycles. The minimum absolute atomic E-state index is 0.0780. The molecule has 1 aromatic rings. The number of aliphatic hydroxyl groups excluding tert-OH is 1. The van der Waals surface area contributed by atoms with Gasteiger partial charge >= 0.3 is 0 Å². The fourth-order valence-electron chi connectivity index (χ4n) is 2.63. The van der Waals surface area contributed by atoms with Crippen LogP contribution in [-0.4, -0.2) is 29.7 Å². The van der Waals surface area contributed by atoms with Gasteiger partial charge in [0.15, 0.2) is 0 Å². The van der Waals surface area contributed by atoms with Crippen molar-refractivity contribution in [2.75, 3.05) is 18.5 Å². The molecular formula is C15H21BrN2O2. The van der Waals surface area contributed by atoms with Gasteiger partial charge in [0.1, 0.15) is 0 Å². The standard InChI is InChI=1S/C15H21BrN2O2/c16-12-4-6-13(7-5-12)18-14(20)10-17-15(11-19)8-2-1-3-9-15/h4-7,17,19H,1-3,8-11H2,(H,18,20). The van der Waals surface area contributed by atoms with Crippen LogP contribution in [0.25, 0.3) is 0 Å². The molecule has 4 nitrogen and oxygen atoms in total. The summed E-state index contributed by atoms with van der Waals surface area (Å²) in [5.41, 5.74) is 0.511. The number of carbonyl (C=O) groups excluding carboxylic acids is 1. The van der Waals surface area contributed by atoms with E-state index in [9.17, 15) is 9.90 Å². The number of anilines is 1. The average molecular weight is 341 g/mol.